The molecule has 82 valence electrons. The Morgan fingerprint density at radius 2 is 2.20 bits per heavy atom. The monoisotopic (exact) mass is 229 g/mol. The summed E-state index contributed by atoms with van der Waals surface area (Å²) in [5.74, 6) is -0.252. The number of halogens is 2. The lowest BCUT2D eigenvalue weighted by Crippen LogP contribution is -2.29. The minimum Gasteiger partial charge on any atom is -0.352 e. The zero-order chi connectivity index (χ0) is 11.3. The van der Waals surface area contributed by atoms with Crippen molar-refractivity contribution in [2.24, 2.45) is 5.92 Å². The predicted molar refractivity (Wildman–Crippen MR) is 58.6 cm³/mol. The molecule has 1 unspecified atom stereocenters. The second-order valence-electron chi connectivity index (χ2n) is 3.45. The Bertz CT molecular complexity index is 343. The van der Waals surface area contributed by atoms with Crippen LogP contribution in [0.5, 0.6) is 0 Å². The summed E-state index contributed by atoms with van der Waals surface area (Å²) >= 11 is 5.59. The summed E-state index contributed by atoms with van der Waals surface area (Å²) in [7, 11) is 0. The maximum Gasteiger partial charge on any atom is 0.254 e. The number of carbonyl (C=O) groups is 1. The van der Waals surface area contributed by atoms with Crippen LogP contribution in [0.15, 0.2) is 24.3 Å². The highest BCUT2D eigenvalue weighted by atomic mass is 35.5. The van der Waals surface area contributed by atoms with E-state index in [2.05, 4.69) is 5.32 Å². The normalized spacial score (nSPS) is 12.2. The average Bonchev–Trinajstić information content (AvgIpc) is 2.26. The number of hydrogen-bond acceptors (Lipinski definition) is 1. The van der Waals surface area contributed by atoms with E-state index < -0.39 is 11.7 Å². The summed E-state index contributed by atoms with van der Waals surface area (Å²) < 4.78 is 13.2. The smallest absolute Gasteiger partial charge is 0.254 e. The Morgan fingerprint density at radius 3 is 2.80 bits per heavy atom. The maximum absolute atomic E-state index is 13.2. The zero-order valence-corrected chi connectivity index (χ0v) is 9.22. The Balaban J connectivity index is 2.58. The number of carbonyl (C=O) groups excluding carboxylic acids is 1. The molecule has 15 heavy (non-hydrogen) atoms. The molecule has 0 aromatic heterocycles. The minimum absolute atomic E-state index is 0.0688. The van der Waals surface area contributed by atoms with Gasteiger partial charge in [0.15, 0.2) is 0 Å². The van der Waals surface area contributed by atoms with Crippen LogP contribution in [0.2, 0.25) is 0 Å². The Morgan fingerprint density at radius 1 is 1.53 bits per heavy atom. The summed E-state index contributed by atoms with van der Waals surface area (Å²) in [6.07, 6.45) is 0. The lowest BCUT2D eigenvalue weighted by Gasteiger charge is -2.09. The van der Waals surface area contributed by atoms with Crippen LogP contribution in [0.4, 0.5) is 4.39 Å². The number of alkyl halides is 1. The first-order chi connectivity index (χ1) is 7.15. The first-order valence-electron chi connectivity index (χ1n) is 4.74. The van der Waals surface area contributed by atoms with Gasteiger partial charge < -0.3 is 5.32 Å². The topological polar surface area (TPSA) is 29.1 Å². The van der Waals surface area contributed by atoms with Crippen molar-refractivity contribution in [1.29, 1.82) is 0 Å². The highest BCUT2D eigenvalue weighted by Gasteiger charge is 2.10. The molecule has 0 bridgehead atoms. The second-order valence-corrected chi connectivity index (χ2v) is 3.76. The van der Waals surface area contributed by atoms with Crippen LogP contribution in [0.1, 0.15) is 17.3 Å². The fraction of sp³-hybridized carbons (Fsp3) is 0.364. The average molecular weight is 230 g/mol. The van der Waals surface area contributed by atoms with E-state index in [0.717, 1.165) is 0 Å². The van der Waals surface area contributed by atoms with E-state index in [1.54, 1.807) is 12.1 Å². The molecule has 1 N–H and O–H groups in total. The van der Waals surface area contributed by atoms with Gasteiger partial charge in [-0.3, -0.25) is 4.79 Å². The molecular formula is C11H13ClFNO. The minimum atomic E-state index is -0.506. The molecule has 1 amide bonds. The lowest BCUT2D eigenvalue weighted by molar-refractivity contribution is 0.0945. The quantitative estimate of drug-likeness (QED) is 0.790. The van der Waals surface area contributed by atoms with Crippen molar-refractivity contribution < 1.29 is 9.18 Å². The molecule has 0 aliphatic carbocycles. The van der Waals surface area contributed by atoms with Crippen molar-refractivity contribution in [2.75, 3.05) is 12.4 Å². The lowest BCUT2D eigenvalue weighted by atomic mass is 10.2. The molecule has 1 rings (SSSR count). The molecule has 2 nitrogen and oxygen atoms in total. The van der Waals surface area contributed by atoms with Crippen molar-refractivity contribution in [2.45, 2.75) is 6.92 Å². The molecule has 0 saturated carbocycles. The van der Waals surface area contributed by atoms with Gasteiger partial charge in [-0.2, -0.15) is 0 Å². The summed E-state index contributed by atoms with van der Waals surface area (Å²) in [5.41, 5.74) is 0.0688. The summed E-state index contributed by atoms with van der Waals surface area (Å²) in [4.78, 5) is 11.5. The zero-order valence-electron chi connectivity index (χ0n) is 8.47. The van der Waals surface area contributed by atoms with Gasteiger partial charge in [-0.15, -0.1) is 11.6 Å². The van der Waals surface area contributed by atoms with Gasteiger partial charge >= 0.3 is 0 Å². The first-order valence-corrected chi connectivity index (χ1v) is 5.27. The Labute approximate surface area is 93.4 Å². The van der Waals surface area contributed by atoms with Crippen LogP contribution in [-0.2, 0) is 0 Å². The van der Waals surface area contributed by atoms with Crippen LogP contribution in [0.3, 0.4) is 0 Å². The molecule has 0 spiro atoms. The van der Waals surface area contributed by atoms with Crippen molar-refractivity contribution in [3.05, 3.63) is 35.6 Å². The third-order valence-corrected chi connectivity index (χ3v) is 2.52. The SMILES string of the molecule is CC(CCl)CNC(=O)c1ccccc1F. The van der Waals surface area contributed by atoms with E-state index in [9.17, 15) is 9.18 Å². The van der Waals surface area contributed by atoms with Gasteiger partial charge in [0.05, 0.1) is 5.56 Å². The molecule has 0 fully saturated rings. The highest BCUT2D eigenvalue weighted by molar-refractivity contribution is 6.18. The van der Waals surface area contributed by atoms with E-state index in [1.165, 1.54) is 12.1 Å². The molecule has 0 aliphatic rings. The van der Waals surface area contributed by atoms with Crippen LogP contribution in [0, 0.1) is 11.7 Å². The van der Waals surface area contributed by atoms with Gasteiger partial charge in [-0.05, 0) is 18.1 Å². The fourth-order valence-corrected chi connectivity index (χ4v) is 1.17. The molecule has 0 aliphatic heterocycles. The first kappa shape index (κ1) is 12.0. The molecule has 0 radical (unpaired) electrons. The number of rotatable bonds is 4. The molecule has 1 aromatic carbocycles. The van der Waals surface area contributed by atoms with E-state index in [0.29, 0.717) is 12.4 Å². The molecule has 0 saturated heterocycles. The van der Waals surface area contributed by atoms with Crippen molar-refractivity contribution in [1.82, 2.24) is 5.32 Å². The van der Waals surface area contributed by atoms with E-state index in [4.69, 9.17) is 11.6 Å². The predicted octanol–water partition coefficient (Wildman–Crippen LogP) is 2.43. The van der Waals surface area contributed by atoms with Crippen LogP contribution >= 0.6 is 11.6 Å². The van der Waals surface area contributed by atoms with Crippen molar-refractivity contribution in [3.63, 3.8) is 0 Å². The molecule has 1 atom stereocenters. The molecule has 0 heterocycles. The number of nitrogens with one attached hydrogen (secondary N) is 1. The van der Waals surface area contributed by atoms with Gasteiger partial charge in [0.25, 0.3) is 5.91 Å². The maximum atomic E-state index is 13.2. The van der Waals surface area contributed by atoms with E-state index in [1.807, 2.05) is 6.92 Å². The summed E-state index contributed by atoms with van der Waals surface area (Å²) in [6.45, 7) is 2.37. The second kappa shape index (κ2) is 5.71. The van der Waals surface area contributed by atoms with Crippen molar-refractivity contribution in [3.8, 4) is 0 Å². The third-order valence-electron chi connectivity index (χ3n) is 1.99. The number of benzene rings is 1. The molecular weight excluding hydrogens is 217 g/mol. The van der Waals surface area contributed by atoms with Gasteiger partial charge in [-0.25, -0.2) is 4.39 Å². The van der Waals surface area contributed by atoms with Gasteiger partial charge in [0, 0.05) is 12.4 Å². The number of amides is 1. The van der Waals surface area contributed by atoms with E-state index >= 15 is 0 Å². The van der Waals surface area contributed by atoms with E-state index in [-0.39, 0.29) is 11.5 Å². The third kappa shape index (κ3) is 3.51. The Kier molecular flexibility index (Phi) is 4.56. The van der Waals surface area contributed by atoms with Crippen LogP contribution in [-0.4, -0.2) is 18.3 Å². The van der Waals surface area contributed by atoms with Gasteiger partial charge in [0.2, 0.25) is 0 Å². The largest absolute Gasteiger partial charge is 0.352 e. The number of hydrogen-bond donors (Lipinski definition) is 1. The van der Waals surface area contributed by atoms with Crippen LogP contribution < -0.4 is 5.32 Å². The van der Waals surface area contributed by atoms with Crippen molar-refractivity contribution >= 4 is 17.5 Å². The molecule has 4 heteroatoms. The van der Waals surface area contributed by atoms with Gasteiger partial charge in [0.1, 0.15) is 5.82 Å². The summed E-state index contributed by atoms with van der Waals surface area (Å²) in [5, 5.41) is 2.63. The standard InChI is InChI=1S/C11H13ClFNO/c1-8(6-12)7-14-11(15)9-4-2-3-5-10(9)13/h2-5,8H,6-7H2,1H3,(H,14,15). The summed E-state index contributed by atoms with van der Waals surface area (Å²) in [6, 6.07) is 5.90. The highest BCUT2D eigenvalue weighted by Crippen LogP contribution is 2.06. The Hall–Kier alpha value is -1.09. The van der Waals surface area contributed by atoms with Gasteiger partial charge in [-0.1, -0.05) is 19.1 Å². The molecule has 1 aromatic rings. The fourth-order valence-electron chi connectivity index (χ4n) is 1.06. The van der Waals surface area contributed by atoms with Crippen LogP contribution in [0.25, 0.3) is 0 Å².